The minimum atomic E-state index is -0.582. The molecule has 0 spiro atoms. The number of benzene rings is 2. The van der Waals surface area contributed by atoms with E-state index >= 15 is 0 Å². The zero-order valence-corrected chi connectivity index (χ0v) is 13.9. The van der Waals surface area contributed by atoms with E-state index in [-0.39, 0.29) is 24.1 Å². The minimum Gasteiger partial charge on any atom is -0.497 e. The van der Waals surface area contributed by atoms with Gasteiger partial charge in [-0.15, -0.1) is 0 Å². The first kappa shape index (κ1) is 17.1. The van der Waals surface area contributed by atoms with Crippen molar-refractivity contribution in [3.8, 4) is 5.75 Å². The first-order valence-corrected chi connectivity index (χ1v) is 8.08. The number of hydrogen-bond donors (Lipinski definition) is 1. The summed E-state index contributed by atoms with van der Waals surface area (Å²) in [6, 6.07) is 12.7. The van der Waals surface area contributed by atoms with E-state index in [9.17, 15) is 14.0 Å². The number of anilines is 1. The van der Waals surface area contributed by atoms with Crippen LogP contribution in [0.5, 0.6) is 5.75 Å². The SMILES string of the molecule is COc1ccc(N2C(=O)CC(NCCc3ccccc3F)C2=O)cc1. The summed E-state index contributed by atoms with van der Waals surface area (Å²) in [7, 11) is 1.55. The lowest BCUT2D eigenvalue weighted by molar-refractivity contribution is -0.121. The molecule has 1 aliphatic rings. The molecule has 1 aliphatic heterocycles. The molecule has 1 saturated heterocycles. The molecule has 0 bridgehead atoms. The minimum absolute atomic E-state index is 0.0993. The predicted molar refractivity (Wildman–Crippen MR) is 92.0 cm³/mol. The van der Waals surface area contributed by atoms with E-state index in [0.717, 1.165) is 0 Å². The molecule has 6 heteroatoms. The van der Waals surface area contributed by atoms with Crippen molar-refractivity contribution in [2.75, 3.05) is 18.6 Å². The van der Waals surface area contributed by atoms with E-state index in [2.05, 4.69) is 5.32 Å². The Morgan fingerprint density at radius 3 is 2.56 bits per heavy atom. The van der Waals surface area contributed by atoms with Crippen molar-refractivity contribution in [1.82, 2.24) is 5.32 Å². The maximum Gasteiger partial charge on any atom is 0.251 e. The lowest BCUT2D eigenvalue weighted by Gasteiger charge is -2.16. The zero-order chi connectivity index (χ0) is 17.8. The number of carbonyl (C=O) groups is 2. The third-order valence-corrected chi connectivity index (χ3v) is 4.22. The average Bonchev–Trinajstić information content (AvgIpc) is 2.90. The third-order valence-electron chi connectivity index (χ3n) is 4.22. The fourth-order valence-electron chi connectivity index (χ4n) is 2.88. The van der Waals surface area contributed by atoms with Gasteiger partial charge >= 0.3 is 0 Å². The molecule has 1 fully saturated rings. The molecule has 2 amide bonds. The van der Waals surface area contributed by atoms with Gasteiger partial charge in [0, 0.05) is 6.54 Å². The van der Waals surface area contributed by atoms with Crippen LogP contribution in [0.4, 0.5) is 10.1 Å². The zero-order valence-electron chi connectivity index (χ0n) is 13.9. The molecule has 130 valence electrons. The number of rotatable bonds is 6. The molecule has 0 saturated carbocycles. The third kappa shape index (κ3) is 3.69. The Labute approximate surface area is 145 Å². The maximum absolute atomic E-state index is 13.6. The first-order valence-electron chi connectivity index (χ1n) is 8.08. The van der Waals surface area contributed by atoms with Crippen molar-refractivity contribution in [1.29, 1.82) is 0 Å². The number of imide groups is 1. The second-order valence-corrected chi connectivity index (χ2v) is 5.82. The molecule has 0 aromatic heterocycles. The number of halogens is 1. The van der Waals surface area contributed by atoms with Gasteiger partial charge in [0.05, 0.1) is 25.3 Å². The van der Waals surface area contributed by atoms with Crippen LogP contribution in [0.15, 0.2) is 48.5 Å². The molecule has 3 rings (SSSR count). The molecule has 1 heterocycles. The van der Waals surface area contributed by atoms with Crippen LogP contribution in [0, 0.1) is 5.82 Å². The van der Waals surface area contributed by atoms with Gasteiger partial charge < -0.3 is 10.1 Å². The van der Waals surface area contributed by atoms with Crippen LogP contribution < -0.4 is 15.0 Å². The summed E-state index contributed by atoms with van der Waals surface area (Å²) in [6.45, 7) is 0.418. The Morgan fingerprint density at radius 1 is 1.16 bits per heavy atom. The largest absolute Gasteiger partial charge is 0.497 e. The summed E-state index contributed by atoms with van der Waals surface area (Å²) in [6.07, 6.45) is 0.551. The molecule has 0 radical (unpaired) electrons. The van der Waals surface area contributed by atoms with Gasteiger partial charge in [-0.1, -0.05) is 18.2 Å². The van der Waals surface area contributed by atoms with Gasteiger partial charge in [-0.2, -0.15) is 0 Å². The van der Waals surface area contributed by atoms with Crippen LogP contribution in [0.25, 0.3) is 0 Å². The smallest absolute Gasteiger partial charge is 0.251 e. The van der Waals surface area contributed by atoms with E-state index < -0.39 is 6.04 Å². The number of amides is 2. The van der Waals surface area contributed by atoms with Crippen LogP contribution in [0.1, 0.15) is 12.0 Å². The fraction of sp³-hybridized carbons (Fsp3) is 0.263. The van der Waals surface area contributed by atoms with Crippen LogP contribution in [0.2, 0.25) is 0 Å². The molecule has 1 atom stereocenters. The number of nitrogens with zero attached hydrogens (tertiary/aromatic N) is 1. The highest BCUT2D eigenvalue weighted by molar-refractivity contribution is 6.22. The Hall–Kier alpha value is -2.73. The Bertz CT molecular complexity index is 776. The van der Waals surface area contributed by atoms with Gasteiger partial charge in [0.2, 0.25) is 5.91 Å². The summed E-state index contributed by atoms with van der Waals surface area (Å²) in [5.74, 6) is -0.150. The molecule has 2 aromatic rings. The average molecular weight is 342 g/mol. The first-order chi connectivity index (χ1) is 12.1. The topological polar surface area (TPSA) is 58.6 Å². The molecule has 5 nitrogen and oxygen atoms in total. The predicted octanol–water partition coefficient (Wildman–Crippen LogP) is 2.30. The van der Waals surface area contributed by atoms with Crippen molar-refractivity contribution in [2.24, 2.45) is 0 Å². The van der Waals surface area contributed by atoms with Crippen molar-refractivity contribution in [2.45, 2.75) is 18.9 Å². The molecular formula is C19H19FN2O3. The van der Waals surface area contributed by atoms with Crippen LogP contribution >= 0.6 is 0 Å². The van der Waals surface area contributed by atoms with E-state index in [1.807, 2.05) is 0 Å². The van der Waals surface area contributed by atoms with Crippen LogP contribution in [0.3, 0.4) is 0 Å². The van der Waals surface area contributed by atoms with Gasteiger partial charge in [-0.3, -0.25) is 9.59 Å². The van der Waals surface area contributed by atoms with E-state index in [0.29, 0.717) is 30.0 Å². The maximum atomic E-state index is 13.6. The summed E-state index contributed by atoms with van der Waals surface area (Å²) in [4.78, 5) is 25.9. The van der Waals surface area contributed by atoms with Gasteiger partial charge in [0.15, 0.2) is 0 Å². The summed E-state index contributed by atoms with van der Waals surface area (Å²) in [5.41, 5.74) is 1.10. The van der Waals surface area contributed by atoms with E-state index in [4.69, 9.17) is 4.74 Å². The summed E-state index contributed by atoms with van der Waals surface area (Å²) < 4.78 is 18.7. The van der Waals surface area contributed by atoms with Crippen LogP contribution in [-0.2, 0) is 16.0 Å². The molecule has 25 heavy (non-hydrogen) atoms. The molecule has 2 aromatic carbocycles. The fourth-order valence-corrected chi connectivity index (χ4v) is 2.88. The van der Waals surface area contributed by atoms with E-state index in [1.54, 1.807) is 49.6 Å². The van der Waals surface area contributed by atoms with Crippen molar-refractivity contribution in [3.05, 3.63) is 59.9 Å². The normalized spacial score (nSPS) is 17.2. The van der Waals surface area contributed by atoms with Gasteiger partial charge in [0.25, 0.3) is 5.91 Å². The highest BCUT2D eigenvalue weighted by atomic mass is 19.1. The Balaban J connectivity index is 1.61. The second kappa shape index (κ2) is 7.44. The Kier molecular flexibility index (Phi) is 5.09. The highest BCUT2D eigenvalue weighted by Gasteiger charge is 2.39. The number of methoxy groups -OCH3 is 1. The van der Waals surface area contributed by atoms with Crippen molar-refractivity contribution in [3.63, 3.8) is 0 Å². The van der Waals surface area contributed by atoms with Crippen molar-refractivity contribution >= 4 is 17.5 Å². The lowest BCUT2D eigenvalue weighted by Crippen LogP contribution is -2.39. The standard InChI is InChI=1S/C19H19FN2O3/c1-25-15-8-6-14(7-9-15)22-18(23)12-17(19(22)24)21-11-10-13-4-2-3-5-16(13)20/h2-9,17,21H,10-12H2,1H3. The lowest BCUT2D eigenvalue weighted by atomic mass is 10.1. The van der Waals surface area contributed by atoms with Crippen LogP contribution in [-0.4, -0.2) is 31.5 Å². The number of hydrogen-bond acceptors (Lipinski definition) is 4. The molecule has 1 unspecified atom stereocenters. The van der Waals surface area contributed by atoms with Gasteiger partial charge in [0.1, 0.15) is 11.6 Å². The van der Waals surface area contributed by atoms with Crippen molar-refractivity contribution < 1.29 is 18.7 Å². The molecule has 0 aliphatic carbocycles. The van der Waals surface area contributed by atoms with Gasteiger partial charge in [-0.25, -0.2) is 9.29 Å². The number of carbonyl (C=O) groups excluding carboxylic acids is 2. The van der Waals surface area contributed by atoms with Gasteiger partial charge in [-0.05, 0) is 42.3 Å². The Morgan fingerprint density at radius 2 is 1.88 bits per heavy atom. The monoisotopic (exact) mass is 342 g/mol. The number of ether oxygens (including phenoxy) is 1. The summed E-state index contributed by atoms with van der Waals surface area (Å²) in [5, 5.41) is 3.06. The summed E-state index contributed by atoms with van der Waals surface area (Å²) >= 11 is 0. The molecular weight excluding hydrogens is 323 g/mol. The highest BCUT2D eigenvalue weighted by Crippen LogP contribution is 2.25. The van der Waals surface area contributed by atoms with E-state index in [1.165, 1.54) is 11.0 Å². The molecule has 1 N–H and O–H groups in total. The second-order valence-electron chi connectivity index (χ2n) is 5.82. The quantitative estimate of drug-likeness (QED) is 0.819. The number of nitrogens with one attached hydrogen (secondary N) is 1.